The van der Waals surface area contributed by atoms with E-state index in [-0.39, 0.29) is 22.6 Å². The van der Waals surface area contributed by atoms with Crippen LogP contribution in [0.5, 0.6) is 11.5 Å². The molecule has 0 spiro atoms. The van der Waals surface area contributed by atoms with E-state index in [1.54, 1.807) is 36.4 Å². The van der Waals surface area contributed by atoms with Gasteiger partial charge in [0.15, 0.2) is 0 Å². The Morgan fingerprint density at radius 3 is 1.42 bits per heavy atom. The summed E-state index contributed by atoms with van der Waals surface area (Å²) in [6.07, 6.45) is 0. The molecule has 130 valence electrons. The number of nitrogens with one attached hydrogen (secondary N) is 2. The number of carbonyl (C=O) groups is 2. The molecule has 0 aromatic heterocycles. The van der Waals surface area contributed by atoms with Crippen LogP contribution in [0.4, 0.5) is 11.4 Å². The van der Waals surface area contributed by atoms with Gasteiger partial charge in [0.1, 0.15) is 11.5 Å². The summed E-state index contributed by atoms with van der Waals surface area (Å²) in [5, 5.41) is 24.3. The molecule has 0 aliphatic carbocycles. The van der Waals surface area contributed by atoms with Crippen LogP contribution in [0, 0.1) is 0 Å². The van der Waals surface area contributed by atoms with Gasteiger partial charge in [-0.1, -0.05) is 24.3 Å². The Hall–Kier alpha value is -3.80. The first-order valence-electron chi connectivity index (χ1n) is 7.83. The minimum absolute atomic E-state index is 0.0257. The maximum absolute atomic E-state index is 12.5. The maximum Gasteiger partial charge on any atom is 0.256 e. The molecule has 3 aromatic carbocycles. The summed E-state index contributed by atoms with van der Waals surface area (Å²) in [5.74, 6) is -0.898. The van der Waals surface area contributed by atoms with Crippen molar-refractivity contribution in [2.24, 2.45) is 0 Å². The van der Waals surface area contributed by atoms with Gasteiger partial charge in [-0.25, -0.2) is 0 Å². The molecule has 4 N–H and O–H groups in total. The molecule has 0 bridgehead atoms. The van der Waals surface area contributed by atoms with Crippen LogP contribution >= 0.6 is 0 Å². The number of phenolic OH excluding ortho intramolecular Hbond substituents is 2. The average molecular weight is 348 g/mol. The summed E-state index contributed by atoms with van der Waals surface area (Å²) in [5.41, 5.74) is 1.21. The first kappa shape index (κ1) is 17.0. The second kappa shape index (κ2) is 7.40. The minimum atomic E-state index is -0.475. The summed E-state index contributed by atoms with van der Waals surface area (Å²) < 4.78 is 0. The lowest BCUT2D eigenvalue weighted by molar-refractivity contribution is 0.0990. The van der Waals surface area contributed by atoms with Gasteiger partial charge in [-0.15, -0.1) is 0 Å². The lowest BCUT2D eigenvalue weighted by atomic mass is 10.1. The number of phenols is 2. The fraction of sp³-hybridized carbons (Fsp3) is 0. The van der Waals surface area contributed by atoms with Crippen LogP contribution in [0.1, 0.15) is 20.7 Å². The first-order chi connectivity index (χ1) is 12.5. The van der Waals surface area contributed by atoms with Gasteiger partial charge in [-0.05, 0) is 36.4 Å². The fourth-order valence-corrected chi connectivity index (χ4v) is 2.44. The van der Waals surface area contributed by atoms with E-state index < -0.39 is 11.8 Å². The molecule has 2 amide bonds. The monoisotopic (exact) mass is 348 g/mol. The molecule has 3 rings (SSSR count). The molecule has 26 heavy (non-hydrogen) atoms. The van der Waals surface area contributed by atoms with E-state index in [0.29, 0.717) is 11.4 Å². The zero-order valence-electron chi connectivity index (χ0n) is 13.6. The van der Waals surface area contributed by atoms with Crippen molar-refractivity contribution in [1.82, 2.24) is 0 Å². The second-order valence-corrected chi connectivity index (χ2v) is 5.55. The molecule has 0 saturated carbocycles. The summed E-state index contributed by atoms with van der Waals surface area (Å²) in [6, 6.07) is 18.7. The number of amides is 2. The lowest BCUT2D eigenvalue weighted by Gasteiger charge is -2.11. The SMILES string of the molecule is O=C(Nc1cccc(O)c1)c1ccccc1C(=O)Nc1cccc(O)c1. The molecular formula is C20H16N2O4. The number of anilines is 2. The van der Waals surface area contributed by atoms with E-state index in [0.717, 1.165) is 0 Å². The number of rotatable bonds is 4. The van der Waals surface area contributed by atoms with Gasteiger partial charge in [-0.3, -0.25) is 9.59 Å². The Labute approximate surface area is 149 Å². The molecule has 0 fully saturated rings. The summed E-state index contributed by atoms with van der Waals surface area (Å²) in [7, 11) is 0. The topological polar surface area (TPSA) is 98.7 Å². The summed E-state index contributed by atoms with van der Waals surface area (Å²) >= 11 is 0. The first-order valence-corrected chi connectivity index (χ1v) is 7.83. The highest BCUT2D eigenvalue weighted by atomic mass is 16.3. The number of hydrogen-bond acceptors (Lipinski definition) is 4. The van der Waals surface area contributed by atoms with Crippen LogP contribution < -0.4 is 10.6 Å². The minimum Gasteiger partial charge on any atom is -0.508 e. The van der Waals surface area contributed by atoms with Crippen molar-refractivity contribution in [2.75, 3.05) is 10.6 Å². The third kappa shape index (κ3) is 3.99. The van der Waals surface area contributed by atoms with Gasteiger partial charge in [0.2, 0.25) is 0 Å². The molecule has 0 saturated heterocycles. The molecule has 0 aliphatic heterocycles. The molecule has 0 unspecified atom stereocenters. The fourth-order valence-electron chi connectivity index (χ4n) is 2.44. The van der Waals surface area contributed by atoms with Crippen molar-refractivity contribution in [3.63, 3.8) is 0 Å². The molecule has 6 nitrogen and oxygen atoms in total. The zero-order chi connectivity index (χ0) is 18.5. The standard InChI is InChI=1S/C20H16N2O4/c23-15-7-3-5-13(11-15)21-19(25)17-9-1-2-10-18(17)20(26)22-14-6-4-8-16(24)12-14/h1-12,23-24H,(H,21,25)(H,22,26). The lowest BCUT2D eigenvalue weighted by Crippen LogP contribution is -2.20. The average Bonchev–Trinajstić information content (AvgIpc) is 2.61. The second-order valence-electron chi connectivity index (χ2n) is 5.55. The maximum atomic E-state index is 12.5. The highest BCUT2D eigenvalue weighted by Crippen LogP contribution is 2.20. The van der Waals surface area contributed by atoms with Crippen molar-refractivity contribution in [1.29, 1.82) is 0 Å². The predicted octanol–water partition coefficient (Wildman–Crippen LogP) is 3.60. The van der Waals surface area contributed by atoms with Gasteiger partial charge in [0.25, 0.3) is 11.8 Å². The molecule has 6 heteroatoms. The van der Waals surface area contributed by atoms with E-state index >= 15 is 0 Å². The highest BCUT2D eigenvalue weighted by molar-refractivity contribution is 6.15. The molecule has 0 atom stereocenters. The van der Waals surface area contributed by atoms with Crippen LogP contribution in [0.3, 0.4) is 0 Å². The normalized spacial score (nSPS) is 10.2. The number of benzene rings is 3. The van der Waals surface area contributed by atoms with E-state index in [4.69, 9.17) is 0 Å². The van der Waals surface area contributed by atoms with Gasteiger partial charge in [-0.2, -0.15) is 0 Å². The van der Waals surface area contributed by atoms with Crippen molar-refractivity contribution in [2.45, 2.75) is 0 Å². The van der Waals surface area contributed by atoms with Gasteiger partial charge in [0, 0.05) is 23.5 Å². The quantitative estimate of drug-likeness (QED) is 0.579. The van der Waals surface area contributed by atoms with Crippen LogP contribution in [-0.2, 0) is 0 Å². The van der Waals surface area contributed by atoms with Gasteiger partial charge in [0.05, 0.1) is 11.1 Å². The van der Waals surface area contributed by atoms with Crippen LogP contribution in [-0.4, -0.2) is 22.0 Å². The van der Waals surface area contributed by atoms with E-state index in [1.807, 2.05) is 0 Å². The summed E-state index contributed by atoms with van der Waals surface area (Å²) in [4.78, 5) is 25.1. The highest BCUT2D eigenvalue weighted by Gasteiger charge is 2.17. The predicted molar refractivity (Wildman–Crippen MR) is 98.6 cm³/mol. The van der Waals surface area contributed by atoms with Gasteiger partial charge >= 0.3 is 0 Å². The Morgan fingerprint density at radius 2 is 1.04 bits per heavy atom. The van der Waals surface area contributed by atoms with Crippen LogP contribution in [0.25, 0.3) is 0 Å². The number of carbonyl (C=O) groups excluding carboxylic acids is 2. The molecule has 3 aromatic rings. The smallest absolute Gasteiger partial charge is 0.256 e. The largest absolute Gasteiger partial charge is 0.508 e. The Bertz CT molecular complexity index is 891. The molecule has 0 heterocycles. The van der Waals surface area contributed by atoms with E-state index in [1.165, 1.54) is 36.4 Å². The van der Waals surface area contributed by atoms with Crippen molar-refractivity contribution < 1.29 is 19.8 Å². The third-order valence-corrected chi connectivity index (χ3v) is 3.62. The number of aromatic hydroxyl groups is 2. The third-order valence-electron chi connectivity index (χ3n) is 3.62. The zero-order valence-corrected chi connectivity index (χ0v) is 13.6. The van der Waals surface area contributed by atoms with Crippen molar-refractivity contribution in [3.05, 3.63) is 83.9 Å². The van der Waals surface area contributed by atoms with Crippen molar-refractivity contribution in [3.8, 4) is 11.5 Å². The molecule has 0 radical (unpaired) electrons. The molecule has 0 aliphatic rings. The number of hydrogen-bond donors (Lipinski definition) is 4. The van der Waals surface area contributed by atoms with E-state index in [9.17, 15) is 19.8 Å². The molecular weight excluding hydrogens is 332 g/mol. The van der Waals surface area contributed by atoms with Crippen LogP contribution in [0.15, 0.2) is 72.8 Å². The Kier molecular flexibility index (Phi) is 4.85. The van der Waals surface area contributed by atoms with Crippen LogP contribution in [0.2, 0.25) is 0 Å². The Balaban J connectivity index is 1.83. The van der Waals surface area contributed by atoms with E-state index in [2.05, 4.69) is 10.6 Å². The summed E-state index contributed by atoms with van der Waals surface area (Å²) in [6.45, 7) is 0. The van der Waals surface area contributed by atoms with Gasteiger partial charge < -0.3 is 20.8 Å². The van der Waals surface area contributed by atoms with Crippen molar-refractivity contribution >= 4 is 23.2 Å². The Morgan fingerprint density at radius 1 is 0.615 bits per heavy atom.